The van der Waals surface area contributed by atoms with Gasteiger partial charge in [0.2, 0.25) is 0 Å². The second-order valence-corrected chi connectivity index (χ2v) is 4.93. The number of aliphatic carboxylic acids is 2. The Bertz CT molecular complexity index is 320. The van der Waals surface area contributed by atoms with Crippen molar-refractivity contribution in [2.45, 2.75) is 64.7 Å². The van der Waals surface area contributed by atoms with Gasteiger partial charge in [0.1, 0.15) is 0 Å². The van der Waals surface area contributed by atoms with Crippen LogP contribution >= 0.6 is 0 Å². The van der Waals surface area contributed by atoms with Gasteiger partial charge in [0.15, 0.2) is 0 Å². The summed E-state index contributed by atoms with van der Waals surface area (Å²) in [6.45, 7) is 2.28. The summed E-state index contributed by atoms with van der Waals surface area (Å²) in [5.41, 5.74) is 1.71. The molecule has 0 aromatic rings. The summed E-state index contributed by atoms with van der Waals surface area (Å²) in [4.78, 5) is 19.1. The third-order valence-electron chi connectivity index (χ3n) is 2.90. The van der Waals surface area contributed by atoms with Crippen LogP contribution in [0.2, 0.25) is 0 Å². The molecule has 0 unspecified atom stereocenters. The zero-order chi connectivity index (χ0) is 15.2. The van der Waals surface area contributed by atoms with Gasteiger partial charge in [-0.15, -0.1) is 0 Å². The van der Waals surface area contributed by atoms with Crippen molar-refractivity contribution in [3.05, 3.63) is 23.8 Å². The molecule has 0 saturated heterocycles. The first-order valence-corrected chi connectivity index (χ1v) is 7.38. The number of allylic oxidation sites excluding steroid dienone is 2. The van der Waals surface area contributed by atoms with E-state index in [1.54, 1.807) is 5.57 Å². The summed E-state index contributed by atoms with van der Waals surface area (Å²) in [7, 11) is 0. The maximum Gasteiger partial charge on any atom is 0.328 e. The number of unbranched alkanes of at least 4 members (excludes halogenated alkanes) is 6. The molecule has 0 bridgehead atoms. The van der Waals surface area contributed by atoms with E-state index in [-0.39, 0.29) is 0 Å². The minimum absolute atomic E-state index is 0.558. The highest BCUT2D eigenvalue weighted by molar-refractivity contribution is 5.89. The minimum Gasteiger partial charge on any atom is -0.478 e. The van der Waals surface area contributed by atoms with E-state index in [0.29, 0.717) is 12.2 Å². The number of rotatable bonds is 9. The molecule has 4 nitrogen and oxygen atoms in total. The fourth-order valence-corrected chi connectivity index (χ4v) is 1.65. The Labute approximate surface area is 121 Å². The van der Waals surface area contributed by atoms with Crippen molar-refractivity contribution in [2.75, 3.05) is 0 Å². The van der Waals surface area contributed by atoms with Crippen molar-refractivity contribution < 1.29 is 19.8 Å². The van der Waals surface area contributed by atoms with E-state index in [1.165, 1.54) is 57.8 Å². The molecule has 0 spiro atoms. The summed E-state index contributed by atoms with van der Waals surface area (Å²) in [5, 5.41) is 15.6. The van der Waals surface area contributed by atoms with E-state index in [4.69, 9.17) is 10.2 Å². The minimum atomic E-state index is -1.26. The van der Waals surface area contributed by atoms with Gasteiger partial charge in [-0.3, -0.25) is 0 Å². The molecule has 4 heteroatoms. The van der Waals surface area contributed by atoms with Crippen LogP contribution in [0.25, 0.3) is 0 Å². The number of carboxylic acids is 2. The van der Waals surface area contributed by atoms with Gasteiger partial charge in [-0.25, -0.2) is 9.59 Å². The number of carbonyl (C=O) groups is 2. The van der Waals surface area contributed by atoms with Crippen LogP contribution in [0.4, 0.5) is 0 Å². The van der Waals surface area contributed by atoms with E-state index in [0.717, 1.165) is 0 Å². The summed E-state index contributed by atoms with van der Waals surface area (Å²) >= 11 is 0. The topological polar surface area (TPSA) is 74.6 Å². The molecule has 0 aliphatic heterocycles. The third-order valence-corrected chi connectivity index (χ3v) is 2.90. The molecule has 0 aromatic carbocycles. The molecule has 1 aliphatic carbocycles. The smallest absolute Gasteiger partial charge is 0.328 e. The predicted molar refractivity (Wildman–Crippen MR) is 79.7 cm³/mol. The molecule has 20 heavy (non-hydrogen) atoms. The van der Waals surface area contributed by atoms with Crippen LogP contribution in [-0.4, -0.2) is 22.2 Å². The van der Waals surface area contributed by atoms with Crippen molar-refractivity contribution in [1.82, 2.24) is 0 Å². The van der Waals surface area contributed by atoms with Gasteiger partial charge >= 0.3 is 11.9 Å². The van der Waals surface area contributed by atoms with Crippen molar-refractivity contribution in [3.8, 4) is 0 Å². The first-order valence-electron chi connectivity index (χ1n) is 7.38. The SMILES string of the molecule is CCCCCCCCC=C1CC1.O=C(O)/C=C\C(=O)O. The highest BCUT2D eigenvalue weighted by Crippen LogP contribution is 2.28. The largest absolute Gasteiger partial charge is 0.478 e. The van der Waals surface area contributed by atoms with Crippen molar-refractivity contribution in [2.24, 2.45) is 0 Å². The lowest BCUT2D eigenvalue weighted by atomic mass is 10.1. The number of hydrogen-bond acceptors (Lipinski definition) is 2. The van der Waals surface area contributed by atoms with Crippen LogP contribution in [0.5, 0.6) is 0 Å². The summed E-state index contributed by atoms with van der Waals surface area (Å²) < 4.78 is 0. The Balaban J connectivity index is 0.000000396. The van der Waals surface area contributed by atoms with Gasteiger partial charge in [0, 0.05) is 12.2 Å². The molecule has 114 valence electrons. The molecular formula is C16H26O4. The van der Waals surface area contributed by atoms with Gasteiger partial charge < -0.3 is 10.2 Å². The van der Waals surface area contributed by atoms with Crippen molar-refractivity contribution >= 4 is 11.9 Å². The van der Waals surface area contributed by atoms with Crippen LogP contribution in [0.3, 0.4) is 0 Å². The Morgan fingerprint density at radius 2 is 1.45 bits per heavy atom. The Morgan fingerprint density at radius 3 is 1.90 bits per heavy atom. The van der Waals surface area contributed by atoms with E-state index < -0.39 is 11.9 Å². The number of hydrogen-bond donors (Lipinski definition) is 2. The summed E-state index contributed by atoms with van der Waals surface area (Å²) in [6.07, 6.45) is 16.3. The molecular weight excluding hydrogens is 256 g/mol. The van der Waals surface area contributed by atoms with Crippen molar-refractivity contribution in [1.29, 1.82) is 0 Å². The van der Waals surface area contributed by atoms with Crippen LogP contribution in [-0.2, 0) is 9.59 Å². The highest BCUT2D eigenvalue weighted by atomic mass is 16.4. The first kappa shape index (κ1) is 18.4. The second-order valence-electron chi connectivity index (χ2n) is 4.93. The van der Waals surface area contributed by atoms with Gasteiger partial charge in [0.25, 0.3) is 0 Å². The third kappa shape index (κ3) is 16.4. The van der Waals surface area contributed by atoms with Crippen LogP contribution < -0.4 is 0 Å². The predicted octanol–water partition coefficient (Wildman–Crippen LogP) is 4.17. The first-order chi connectivity index (χ1) is 9.56. The Kier molecular flexibility index (Phi) is 11.5. The molecule has 1 rings (SSSR count). The molecule has 2 N–H and O–H groups in total. The highest BCUT2D eigenvalue weighted by Gasteiger charge is 2.08. The molecule has 1 fully saturated rings. The molecule has 0 atom stereocenters. The molecule has 0 amide bonds. The Morgan fingerprint density at radius 1 is 0.950 bits per heavy atom. The van der Waals surface area contributed by atoms with E-state index in [9.17, 15) is 9.59 Å². The fourth-order valence-electron chi connectivity index (χ4n) is 1.65. The van der Waals surface area contributed by atoms with E-state index >= 15 is 0 Å². The standard InChI is InChI=1S/C12H22.C4H4O4/c1-2-3-4-5-6-7-8-9-12-10-11-12;5-3(6)1-2-4(7)8/h9H,2-8,10-11H2,1H3;1-2H,(H,5,6)(H,7,8)/b;2-1-. The lowest BCUT2D eigenvalue weighted by molar-refractivity contribution is -0.134. The lowest BCUT2D eigenvalue weighted by Gasteiger charge is -1.97. The van der Waals surface area contributed by atoms with Crippen LogP contribution in [0.1, 0.15) is 64.7 Å². The molecule has 0 heterocycles. The monoisotopic (exact) mass is 282 g/mol. The van der Waals surface area contributed by atoms with Crippen LogP contribution in [0.15, 0.2) is 23.8 Å². The summed E-state index contributed by atoms with van der Waals surface area (Å²) in [6, 6.07) is 0. The molecule has 1 saturated carbocycles. The lowest BCUT2D eigenvalue weighted by Crippen LogP contribution is -1.91. The Hall–Kier alpha value is -1.58. The zero-order valence-electron chi connectivity index (χ0n) is 12.3. The molecule has 0 aromatic heterocycles. The second kappa shape index (κ2) is 12.5. The average molecular weight is 282 g/mol. The van der Waals surface area contributed by atoms with Crippen molar-refractivity contribution in [3.63, 3.8) is 0 Å². The fraction of sp³-hybridized carbons (Fsp3) is 0.625. The van der Waals surface area contributed by atoms with Gasteiger partial charge in [-0.05, 0) is 25.7 Å². The quantitative estimate of drug-likeness (QED) is 0.378. The normalized spacial score (nSPS) is 12.8. The van der Waals surface area contributed by atoms with Crippen LogP contribution in [0, 0.1) is 0 Å². The summed E-state index contributed by atoms with van der Waals surface area (Å²) in [5.74, 6) is -2.51. The zero-order valence-corrected chi connectivity index (χ0v) is 12.3. The molecule has 1 aliphatic rings. The average Bonchev–Trinajstić information content (AvgIpc) is 3.20. The van der Waals surface area contributed by atoms with E-state index in [2.05, 4.69) is 13.0 Å². The van der Waals surface area contributed by atoms with Gasteiger partial charge in [0.05, 0.1) is 0 Å². The molecule has 0 radical (unpaired) electrons. The number of carboxylic acid groups (broad SMARTS) is 2. The van der Waals surface area contributed by atoms with E-state index in [1.807, 2.05) is 0 Å². The van der Waals surface area contributed by atoms with Gasteiger partial charge in [-0.2, -0.15) is 0 Å². The maximum absolute atomic E-state index is 9.55. The maximum atomic E-state index is 9.55. The van der Waals surface area contributed by atoms with Gasteiger partial charge in [-0.1, -0.05) is 50.7 Å².